The number of fused-ring (bicyclic) bond motifs is 1. The number of halogens is 2. The second kappa shape index (κ2) is 6.32. The smallest absolute Gasteiger partial charge is 0.254 e. The van der Waals surface area contributed by atoms with E-state index in [0.29, 0.717) is 33.2 Å². The molecule has 0 aliphatic carbocycles. The zero-order valence-corrected chi connectivity index (χ0v) is 13.6. The monoisotopic (exact) mass is 355 g/mol. The molecule has 8 heteroatoms. The van der Waals surface area contributed by atoms with Crippen LogP contribution in [0, 0.1) is 5.92 Å². The Kier molecular flexibility index (Phi) is 4.42. The molecule has 0 fully saturated rings. The topological polar surface area (TPSA) is 64.0 Å². The maximum Gasteiger partial charge on any atom is 0.254 e. The lowest BCUT2D eigenvalue weighted by Gasteiger charge is -2.23. The van der Waals surface area contributed by atoms with Crippen molar-refractivity contribution in [2.75, 3.05) is 11.1 Å². The van der Waals surface area contributed by atoms with E-state index >= 15 is 0 Å². The summed E-state index contributed by atoms with van der Waals surface area (Å²) in [6.07, 6.45) is 1.48. The number of carbonyl (C=O) groups is 1. The van der Waals surface area contributed by atoms with Crippen molar-refractivity contribution in [1.82, 2.24) is 9.55 Å². The third kappa shape index (κ3) is 3.14. The van der Waals surface area contributed by atoms with Gasteiger partial charge in [0.05, 0.1) is 16.0 Å². The molecule has 1 unspecified atom stereocenters. The lowest BCUT2D eigenvalue weighted by atomic mass is 10.1. The van der Waals surface area contributed by atoms with E-state index in [4.69, 9.17) is 23.2 Å². The van der Waals surface area contributed by atoms with Crippen LogP contribution in [0.2, 0.25) is 10.0 Å². The molecule has 0 bridgehead atoms. The molecule has 1 aromatic heterocycles. The highest BCUT2D eigenvalue weighted by Crippen LogP contribution is 2.27. The zero-order chi connectivity index (χ0) is 15.7. The highest BCUT2D eigenvalue weighted by molar-refractivity contribution is 7.99. The first-order valence-corrected chi connectivity index (χ1v) is 8.23. The van der Waals surface area contributed by atoms with Gasteiger partial charge in [0.15, 0.2) is 5.16 Å². The fraction of sp³-hybridized carbons (Fsp3) is 0.214. The maximum atomic E-state index is 12.3. The number of benzene rings is 1. The van der Waals surface area contributed by atoms with Crippen LogP contribution in [0.1, 0.15) is 0 Å². The molecular weight excluding hydrogens is 345 g/mol. The van der Waals surface area contributed by atoms with Crippen molar-refractivity contribution in [1.29, 1.82) is 0 Å². The lowest BCUT2D eigenvalue weighted by molar-refractivity contribution is -0.119. The molecule has 1 aliphatic heterocycles. The van der Waals surface area contributed by atoms with Gasteiger partial charge in [-0.2, -0.15) is 0 Å². The third-order valence-corrected chi connectivity index (χ3v) is 5.17. The van der Waals surface area contributed by atoms with Crippen LogP contribution in [0.15, 0.2) is 40.4 Å². The van der Waals surface area contributed by atoms with Gasteiger partial charge in [0.25, 0.3) is 5.56 Å². The van der Waals surface area contributed by atoms with Crippen molar-refractivity contribution in [2.45, 2.75) is 11.7 Å². The number of rotatable bonds is 2. The van der Waals surface area contributed by atoms with Crippen molar-refractivity contribution in [2.24, 2.45) is 5.92 Å². The van der Waals surface area contributed by atoms with Gasteiger partial charge in [0.1, 0.15) is 0 Å². The van der Waals surface area contributed by atoms with Gasteiger partial charge in [0.2, 0.25) is 5.91 Å². The summed E-state index contributed by atoms with van der Waals surface area (Å²) in [5.41, 5.74) is 0.429. The molecule has 5 nitrogen and oxygen atoms in total. The van der Waals surface area contributed by atoms with Gasteiger partial charge in [-0.25, -0.2) is 4.98 Å². The second-order valence-electron chi connectivity index (χ2n) is 4.80. The van der Waals surface area contributed by atoms with E-state index in [1.165, 1.54) is 28.6 Å². The molecule has 1 aliphatic rings. The fourth-order valence-electron chi connectivity index (χ4n) is 2.13. The Hall–Kier alpha value is -1.50. The van der Waals surface area contributed by atoms with E-state index in [0.717, 1.165) is 0 Å². The van der Waals surface area contributed by atoms with E-state index in [9.17, 15) is 9.59 Å². The Morgan fingerprint density at radius 3 is 2.91 bits per heavy atom. The van der Waals surface area contributed by atoms with Crippen molar-refractivity contribution in [3.05, 3.63) is 50.9 Å². The molecular formula is C14H11Cl2N3O2S. The quantitative estimate of drug-likeness (QED) is 0.841. The largest absolute Gasteiger partial charge is 0.326 e. The number of hydrogen-bond acceptors (Lipinski definition) is 4. The van der Waals surface area contributed by atoms with Crippen molar-refractivity contribution in [3.8, 4) is 0 Å². The van der Waals surface area contributed by atoms with E-state index in [1.54, 1.807) is 18.2 Å². The summed E-state index contributed by atoms with van der Waals surface area (Å²) in [4.78, 5) is 28.3. The SMILES string of the molecule is O=C(Nc1ccc(Cl)c(Cl)c1)C1CSc2nccc(=O)n2C1. The highest BCUT2D eigenvalue weighted by atomic mass is 35.5. The van der Waals surface area contributed by atoms with Gasteiger partial charge in [-0.3, -0.25) is 14.2 Å². The minimum Gasteiger partial charge on any atom is -0.326 e. The molecule has 0 saturated heterocycles. The van der Waals surface area contributed by atoms with Crippen LogP contribution in [0.25, 0.3) is 0 Å². The van der Waals surface area contributed by atoms with Crippen LogP contribution in [-0.4, -0.2) is 21.2 Å². The Bertz CT molecular complexity index is 794. The molecule has 0 spiro atoms. The summed E-state index contributed by atoms with van der Waals surface area (Å²) in [5, 5.41) is 4.25. The number of nitrogens with zero attached hydrogens (tertiary/aromatic N) is 2. The molecule has 0 radical (unpaired) electrons. The van der Waals surface area contributed by atoms with Gasteiger partial charge < -0.3 is 5.32 Å². The van der Waals surface area contributed by atoms with E-state index in [2.05, 4.69) is 10.3 Å². The molecule has 22 heavy (non-hydrogen) atoms. The van der Waals surface area contributed by atoms with E-state index in [-0.39, 0.29) is 17.4 Å². The number of aromatic nitrogens is 2. The van der Waals surface area contributed by atoms with Gasteiger partial charge in [-0.1, -0.05) is 35.0 Å². The number of nitrogens with one attached hydrogen (secondary N) is 1. The molecule has 2 heterocycles. The first kappa shape index (κ1) is 15.4. The summed E-state index contributed by atoms with van der Waals surface area (Å²) >= 11 is 13.2. The van der Waals surface area contributed by atoms with Crippen molar-refractivity contribution in [3.63, 3.8) is 0 Å². The first-order valence-electron chi connectivity index (χ1n) is 6.49. The molecule has 1 atom stereocenters. The Morgan fingerprint density at radius 2 is 2.14 bits per heavy atom. The predicted molar refractivity (Wildman–Crippen MR) is 87.8 cm³/mol. The number of anilines is 1. The Morgan fingerprint density at radius 1 is 1.32 bits per heavy atom. The number of carbonyl (C=O) groups excluding carboxylic acids is 1. The van der Waals surface area contributed by atoms with Gasteiger partial charge in [-0.15, -0.1) is 0 Å². The molecule has 2 aromatic rings. The van der Waals surface area contributed by atoms with Crippen LogP contribution in [-0.2, 0) is 11.3 Å². The molecule has 3 rings (SSSR count). The molecule has 114 valence electrons. The average Bonchev–Trinajstić information content (AvgIpc) is 2.51. The second-order valence-corrected chi connectivity index (χ2v) is 6.60. The number of amides is 1. The zero-order valence-electron chi connectivity index (χ0n) is 11.3. The van der Waals surface area contributed by atoms with Gasteiger partial charge in [-0.05, 0) is 18.2 Å². The summed E-state index contributed by atoms with van der Waals surface area (Å²) in [6, 6.07) is 6.30. The van der Waals surface area contributed by atoms with Crippen molar-refractivity contribution >= 4 is 46.6 Å². The van der Waals surface area contributed by atoms with Crippen LogP contribution in [0.5, 0.6) is 0 Å². The van der Waals surface area contributed by atoms with Crippen molar-refractivity contribution < 1.29 is 4.79 Å². The molecule has 0 saturated carbocycles. The number of hydrogen-bond donors (Lipinski definition) is 1. The van der Waals surface area contributed by atoms with Crippen LogP contribution < -0.4 is 10.9 Å². The average molecular weight is 356 g/mol. The van der Waals surface area contributed by atoms with E-state index in [1.807, 2.05) is 0 Å². The minimum absolute atomic E-state index is 0.149. The highest BCUT2D eigenvalue weighted by Gasteiger charge is 2.26. The lowest BCUT2D eigenvalue weighted by Crippen LogP contribution is -2.36. The molecule has 1 amide bonds. The standard InChI is InChI=1S/C14H11Cl2N3O2S/c15-10-2-1-9(5-11(10)16)18-13(21)8-6-19-12(20)3-4-17-14(19)22-7-8/h1-5,8H,6-7H2,(H,18,21). The predicted octanol–water partition coefficient (Wildman–Crippen LogP) is 2.91. The van der Waals surface area contributed by atoms with E-state index < -0.39 is 0 Å². The normalized spacial score (nSPS) is 16.9. The third-order valence-electron chi connectivity index (χ3n) is 3.27. The summed E-state index contributed by atoms with van der Waals surface area (Å²) in [7, 11) is 0. The van der Waals surface area contributed by atoms with Crippen LogP contribution >= 0.6 is 35.0 Å². The maximum absolute atomic E-state index is 12.3. The summed E-state index contributed by atoms with van der Waals surface area (Å²) in [5.74, 6) is 0.102. The van der Waals surface area contributed by atoms with Gasteiger partial charge >= 0.3 is 0 Å². The van der Waals surface area contributed by atoms with Gasteiger partial charge in [0, 0.05) is 30.2 Å². The fourth-order valence-corrected chi connectivity index (χ4v) is 3.49. The Balaban J connectivity index is 1.75. The van der Waals surface area contributed by atoms with Crippen LogP contribution in [0.4, 0.5) is 5.69 Å². The summed E-state index contributed by atoms with van der Waals surface area (Å²) < 4.78 is 1.52. The molecule has 1 N–H and O–H groups in total. The summed E-state index contributed by atoms with van der Waals surface area (Å²) in [6.45, 7) is 0.322. The first-order chi connectivity index (χ1) is 10.5. The van der Waals surface area contributed by atoms with Crippen LogP contribution in [0.3, 0.4) is 0 Å². The minimum atomic E-state index is -0.311. The Labute approximate surface area is 140 Å². The molecule has 1 aromatic carbocycles. The number of thioether (sulfide) groups is 1.